The minimum Gasteiger partial charge on any atom is -0.467 e. The second-order valence-corrected chi connectivity index (χ2v) is 5.78. The van der Waals surface area contributed by atoms with Gasteiger partial charge in [-0.3, -0.25) is 0 Å². The Morgan fingerprint density at radius 2 is 0.694 bits per heavy atom. The fourth-order valence-corrected chi connectivity index (χ4v) is 1.78. The summed E-state index contributed by atoms with van der Waals surface area (Å²) in [7, 11) is 2.05. The second kappa shape index (κ2) is 32.7. The van der Waals surface area contributed by atoms with Crippen LogP contribution in [0, 0.1) is 14.9 Å². The Bertz CT molecular complexity index is 633. The van der Waals surface area contributed by atoms with Crippen molar-refractivity contribution in [2.45, 2.75) is 12.2 Å². The molecule has 0 bridgehead atoms. The first kappa shape index (κ1) is 43.7. The molecule has 198 valence electrons. The molecule has 8 heteroatoms. The van der Waals surface area contributed by atoms with Gasteiger partial charge in [0.1, 0.15) is 0 Å². The van der Waals surface area contributed by atoms with Crippen molar-refractivity contribution in [1.29, 1.82) is 0 Å². The molecule has 0 saturated carbocycles. The molecule has 0 fully saturated rings. The first-order chi connectivity index (χ1) is 15.5. The number of methoxy groups -OCH3 is 2. The van der Waals surface area contributed by atoms with E-state index in [1.54, 1.807) is 0 Å². The van der Waals surface area contributed by atoms with Gasteiger partial charge in [-0.1, -0.05) is 0 Å². The van der Waals surface area contributed by atoms with Crippen molar-refractivity contribution in [2.24, 2.45) is 0 Å². The quantitative estimate of drug-likeness (QED) is 0.215. The summed E-state index contributed by atoms with van der Waals surface area (Å²) in [6.07, 6.45) is -3.80. The monoisotopic (exact) mass is 564 g/mol. The zero-order valence-corrected chi connectivity index (χ0v) is 24.4. The summed E-state index contributed by atoms with van der Waals surface area (Å²) in [5, 5.41) is 17.7. The third-order valence-electron chi connectivity index (χ3n) is 3.41. The van der Waals surface area contributed by atoms with Crippen LogP contribution in [-0.4, -0.2) is 48.6 Å². The van der Waals surface area contributed by atoms with Crippen LogP contribution in [0.2, 0.25) is 0 Å². The molecule has 2 N–H and O–H groups in total. The Labute approximate surface area is 246 Å². The van der Waals surface area contributed by atoms with Crippen molar-refractivity contribution < 1.29 is 72.7 Å². The number of hydrogen-bond acceptors (Lipinski definition) is 6. The molecule has 36 heavy (non-hydrogen) atoms. The van der Waals surface area contributed by atoms with E-state index in [-0.39, 0.29) is 58.3 Å². The van der Waals surface area contributed by atoms with Crippen LogP contribution in [0.1, 0.15) is 0 Å². The average molecular weight is 564 g/mol. The van der Waals surface area contributed by atoms with Gasteiger partial charge in [0.2, 0.25) is 0 Å². The van der Waals surface area contributed by atoms with Crippen LogP contribution >= 0.6 is 0 Å². The first-order valence-corrected chi connectivity index (χ1v) is 9.73. The normalized spacial score (nSPS) is 9.33. The molecule has 4 aromatic rings. The van der Waals surface area contributed by atoms with Crippen LogP contribution in [0.4, 0.5) is 0 Å². The van der Waals surface area contributed by atoms with Gasteiger partial charge in [0.05, 0.1) is 14.2 Å². The van der Waals surface area contributed by atoms with Crippen molar-refractivity contribution in [3.63, 3.8) is 0 Å². The molecule has 0 spiro atoms. The fourth-order valence-electron chi connectivity index (χ4n) is 1.78. The maximum absolute atomic E-state index is 10.5. The fraction of sp³-hybridized carbons (Fsp3) is 0.143. The van der Waals surface area contributed by atoms with Crippen molar-refractivity contribution in [3.05, 3.63) is 136 Å². The maximum atomic E-state index is 10.5. The number of carbonyl (C=O) groups excluding carboxylic acids is 2. The van der Waals surface area contributed by atoms with Crippen LogP contribution in [0.5, 0.6) is 0 Å². The van der Waals surface area contributed by atoms with Gasteiger partial charge in [0.15, 0.2) is 12.2 Å². The van der Waals surface area contributed by atoms with Gasteiger partial charge in [-0.2, -0.15) is 72.8 Å². The molecule has 0 amide bonds. The molecule has 2 unspecified atom stereocenters. The third-order valence-corrected chi connectivity index (χ3v) is 3.41. The number of carbonyl (C=O) groups is 2. The molecule has 6 nitrogen and oxygen atoms in total. The summed E-state index contributed by atoms with van der Waals surface area (Å²) in [5.74, 6) is -2.18. The topological polar surface area (TPSA) is 93.1 Å². The zero-order chi connectivity index (χ0) is 23.9. The SMILES string of the molecule is COC(=O)C(O)C(O)C(=O)OC.[CH3-].[CH3-].[Ti].[Ti].c1cc[cH-]c1.c1cc[cH-]c1.c1cc[cH-]c1.c1cc[cH-]c1. The van der Waals surface area contributed by atoms with E-state index < -0.39 is 24.1 Å². The van der Waals surface area contributed by atoms with Crippen LogP contribution < -0.4 is 0 Å². The molecule has 4 aromatic carbocycles. The van der Waals surface area contributed by atoms with E-state index in [1.807, 2.05) is 121 Å². The minimum absolute atomic E-state index is 0. The Hall–Kier alpha value is -2.31. The standard InChI is InChI=1S/C6H10O6.4C5H5.2CH3.2Ti/c1-11-5(9)3(7)4(8)6(10)12-2;4*1-2-4-5-3-1;;;;/h3-4,7-8H,1-2H3;4*1-5H;2*1H3;;/q;6*-1;;. The Morgan fingerprint density at radius 3 is 0.778 bits per heavy atom. The largest absolute Gasteiger partial charge is 0.467 e. The molecule has 4 rings (SSSR count). The third kappa shape index (κ3) is 26.3. The summed E-state index contributed by atoms with van der Waals surface area (Å²) in [5.41, 5.74) is 0. The molecular weight excluding hydrogens is 528 g/mol. The van der Waals surface area contributed by atoms with Crippen LogP contribution in [0.15, 0.2) is 121 Å². The molecule has 0 heterocycles. The summed E-state index contributed by atoms with van der Waals surface area (Å²) in [6, 6.07) is 40.0. The van der Waals surface area contributed by atoms with Crippen LogP contribution in [0.25, 0.3) is 0 Å². The predicted molar refractivity (Wildman–Crippen MR) is 137 cm³/mol. The number of aliphatic hydroxyl groups is 2. The smallest absolute Gasteiger partial charge is 0.338 e. The predicted octanol–water partition coefficient (Wildman–Crippen LogP) is 4.57. The molecule has 0 aromatic heterocycles. The van der Waals surface area contributed by atoms with Gasteiger partial charge in [0, 0.05) is 43.4 Å². The summed E-state index contributed by atoms with van der Waals surface area (Å²) in [4.78, 5) is 21.1. The Kier molecular flexibility index (Phi) is 39.7. The van der Waals surface area contributed by atoms with Gasteiger partial charge in [-0.15, -0.1) is 0 Å². The van der Waals surface area contributed by atoms with E-state index in [1.165, 1.54) is 0 Å². The van der Waals surface area contributed by atoms with E-state index >= 15 is 0 Å². The summed E-state index contributed by atoms with van der Waals surface area (Å²) < 4.78 is 8.14. The summed E-state index contributed by atoms with van der Waals surface area (Å²) >= 11 is 0. The van der Waals surface area contributed by atoms with Crippen molar-refractivity contribution in [3.8, 4) is 0 Å². The average Bonchev–Trinajstić information content (AvgIpc) is 3.68. The number of rotatable bonds is 3. The molecule has 2 atom stereocenters. The maximum Gasteiger partial charge on any atom is 0.338 e. The first-order valence-electron chi connectivity index (χ1n) is 9.73. The summed E-state index contributed by atoms with van der Waals surface area (Å²) in [6.45, 7) is 0. The van der Waals surface area contributed by atoms with Gasteiger partial charge in [-0.25, -0.2) is 58.1 Å². The molecule has 0 aliphatic heterocycles. The number of aliphatic hydroxyl groups excluding tert-OH is 2. The van der Waals surface area contributed by atoms with Crippen molar-refractivity contribution >= 4 is 11.9 Å². The van der Waals surface area contributed by atoms with E-state index in [2.05, 4.69) is 9.47 Å². The van der Waals surface area contributed by atoms with Gasteiger partial charge in [-0.05, 0) is 0 Å². The van der Waals surface area contributed by atoms with Crippen molar-refractivity contribution in [2.75, 3.05) is 14.2 Å². The van der Waals surface area contributed by atoms with Crippen molar-refractivity contribution in [1.82, 2.24) is 0 Å². The van der Waals surface area contributed by atoms with Gasteiger partial charge < -0.3 is 34.5 Å². The van der Waals surface area contributed by atoms with E-state index in [0.29, 0.717) is 0 Å². The number of ether oxygens (including phenoxy) is 2. The molecular formula is C28H36O6Ti2-6. The molecule has 0 radical (unpaired) electrons. The Balaban J connectivity index is -0.000000114. The molecule has 0 saturated heterocycles. The van der Waals surface area contributed by atoms with Crippen LogP contribution in [-0.2, 0) is 62.5 Å². The van der Waals surface area contributed by atoms with E-state index in [4.69, 9.17) is 10.2 Å². The van der Waals surface area contributed by atoms with Crippen LogP contribution in [0.3, 0.4) is 0 Å². The Morgan fingerprint density at radius 1 is 0.528 bits per heavy atom. The van der Waals surface area contributed by atoms with Gasteiger partial charge in [0.25, 0.3) is 0 Å². The number of hydrogen-bond donors (Lipinski definition) is 2. The molecule has 0 aliphatic carbocycles. The number of esters is 2. The van der Waals surface area contributed by atoms with E-state index in [9.17, 15) is 9.59 Å². The van der Waals surface area contributed by atoms with Gasteiger partial charge >= 0.3 is 11.9 Å². The molecule has 0 aliphatic rings. The van der Waals surface area contributed by atoms with E-state index in [0.717, 1.165) is 14.2 Å². The zero-order valence-electron chi connectivity index (χ0n) is 21.2. The second-order valence-electron chi connectivity index (χ2n) is 5.78. The minimum atomic E-state index is -1.90.